The van der Waals surface area contributed by atoms with Crippen LogP contribution in [0.25, 0.3) is 0 Å². The Kier molecular flexibility index (Phi) is 11.4. The third kappa shape index (κ3) is 8.33. The molecule has 2 atom stereocenters. The molecule has 0 saturated heterocycles. The zero-order chi connectivity index (χ0) is 30.3. The first-order valence-corrected chi connectivity index (χ1v) is 16.2. The summed E-state index contributed by atoms with van der Waals surface area (Å²) in [7, 11) is -2.71. The minimum absolute atomic E-state index is 0.0142. The highest BCUT2D eigenvalue weighted by atomic mass is 79.9. The molecule has 8 nitrogen and oxygen atoms in total. The van der Waals surface area contributed by atoms with E-state index in [0.29, 0.717) is 15.9 Å². The number of anilines is 1. The summed E-state index contributed by atoms with van der Waals surface area (Å²) in [5.41, 5.74) is 2.06. The number of aryl methyl sites for hydroxylation is 1. The summed E-state index contributed by atoms with van der Waals surface area (Å²) in [6, 6.07) is 17.8. The smallest absolute Gasteiger partial charge is 0.264 e. The quantitative estimate of drug-likeness (QED) is 0.247. The van der Waals surface area contributed by atoms with Gasteiger partial charge in [0.1, 0.15) is 18.3 Å². The second kappa shape index (κ2) is 14.3. The van der Waals surface area contributed by atoms with Crippen LogP contribution in [0.4, 0.5) is 5.69 Å². The maximum absolute atomic E-state index is 14.0. The van der Waals surface area contributed by atoms with Crippen LogP contribution in [-0.4, -0.2) is 50.9 Å². The molecule has 0 spiro atoms. The van der Waals surface area contributed by atoms with Crippen molar-refractivity contribution in [3.05, 3.63) is 86.8 Å². The fourth-order valence-electron chi connectivity index (χ4n) is 4.05. The van der Waals surface area contributed by atoms with Gasteiger partial charge in [-0.2, -0.15) is 0 Å². The summed E-state index contributed by atoms with van der Waals surface area (Å²) in [6.07, 6.45) is 0.731. The van der Waals surface area contributed by atoms with Gasteiger partial charge < -0.3 is 15.0 Å². The number of carbonyl (C=O) groups excluding carboxylic acids is 2. The number of rotatable bonds is 12. The number of benzene rings is 3. The summed E-state index contributed by atoms with van der Waals surface area (Å²) >= 11 is 6.82. The Balaban J connectivity index is 2.05. The molecular formula is C30H35Br2N3O5S. The maximum Gasteiger partial charge on any atom is 0.264 e. The molecule has 2 unspecified atom stereocenters. The van der Waals surface area contributed by atoms with Crippen molar-refractivity contribution in [1.82, 2.24) is 10.2 Å². The first-order chi connectivity index (χ1) is 19.4. The number of sulfonamides is 1. The fraction of sp³-hybridized carbons (Fsp3) is 0.333. The molecule has 0 heterocycles. The van der Waals surface area contributed by atoms with E-state index in [4.69, 9.17) is 4.74 Å². The summed E-state index contributed by atoms with van der Waals surface area (Å²) in [5, 5.41) is 2.94. The number of nitrogens with one attached hydrogen (secondary N) is 1. The Morgan fingerprint density at radius 1 is 1.00 bits per heavy atom. The van der Waals surface area contributed by atoms with Crippen LogP contribution < -0.4 is 14.4 Å². The van der Waals surface area contributed by atoms with Crippen LogP contribution in [0.1, 0.15) is 38.3 Å². The van der Waals surface area contributed by atoms with Crippen molar-refractivity contribution in [1.29, 1.82) is 0 Å². The zero-order valence-corrected chi connectivity index (χ0v) is 27.7. The highest BCUT2D eigenvalue weighted by molar-refractivity contribution is 9.10. The maximum atomic E-state index is 14.0. The molecule has 0 aromatic heterocycles. The molecule has 0 fully saturated rings. The number of methoxy groups -OCH3 is 1. The van der Waals surface area contributed by atoms with Crippen LogP contribution in [0.2, 0.25) is 0 Å². The van der Waals surface area contributed by atoms with Crippen molar-refractivity contribution in [2.75, 3.05) is 18.0 Å². The van der Waals surface area contributed by atoms with Crippen LogP contribution in [0, 0.1) is 6.92 Å². The molecule has 41 heavy (non-hydrogen) atoms. The van der Waals surface area contributed by atoms with Crippen molar-refractivity contribution in [3.63, 3.8) is 0 Å². The van der Waals surface area contributed by atoms with Crippen LogP contribution >= 0.6 is 31.9 Å². The number of amides is 2. The SMILES string of the molecule is CCC(C)NC(=O)C(C)N(Cc1cccc(Br)c1)C(=O)CN(c1ccc(C)cc1)S(=O)(=O)c1ccc(OC)c(Br)c1. The summed E-state index contributed by atoms with van der Waals surface area (Å²) in [4.78, 5) is 28.6. The van der Waals surface area contributed by atoms with E-state index in [2.05, 4.69) is 37.2 Å². The Labute approximate surface area is 259 Å². The van der Waals surface area contributed by atoms with Gasteiger partial charge in [0.05, 0.1) is 22.2 Å². The van der Waals surface area contributed by atoms with E-state index in [9.17, 15) is 18.0 Å². The molecule has 0 aliphatic rings. The molecule has 3 aromatic rings. The molecule has 0 saturated carbocycles. The number of ether oxygens (including phenoxy) is 1. The predicted molar refractivity (Wildman–Crippen MR) is 168 cm³/mol. The van der Waals surface area contributed by atoms with Gasteiger partial charge in [0.25, 0.3) is 10.0 Å². The average molecular weight is 710 g/mol. The van der Waals surface area contributed by atoms with E-state index in [0.717, 1.165) is 26.3 Å². The van der Waals surface area contributed by atoms with Crippen LogP contribution in [-0.2, 0) is 26.2 Å². The predicted octanol–water partition coefficient (Wildman–Crippen LogP) is 6.06. The van der Waals surface area contributed by atoms with Crippen molar-refractivity contribution >= 4 is 59.4 Å². The molecule has 0 aliphatic heterocycles. The van der Waals surface area contributed by atoms with Gasteiger partial charge in [0.2, 0.25) is 11.8 Å². The molecular weight excluding hydrogens is 674 g/mol. The number of carbonyl (C=O) groups is 2. The number of halogens is 2. The Morgan fingerprint density at radius 3 is 2.27 bits per heavy atom. The van der Waals surface area contributed by atoms with Gasteiger partial charge in [-0.3, -0.25) is 13.9 Å². The van der Waals surface area contributed by atoms with Gasteiger partial charge >= 0.3 is 0 Å². The van der Waals surface area contributed by atoms with Crippen molar-refractivity contribution in [2.45, 2.75) is 57.6 Å². The lowest BCUT2D eigenvalue weighted by Crippen LogP contribution is -2.52. The average Bonchev–Trinajstić information content (AvgIpc) is 2.94. The van der Waals surface area contributed by atoms with E-state index in [1.54, 1.807) is 37.3 Å². The lowest BCUT2D eigenvalue weighted by atomic mass is 10.1. The second-order valence-electron chi connectivity index (χ2n) is 9.79. The standard InChI is InChI=1S/C30H35Br2N3O5S/c1-6-21(3)33-30(37)22(4)34(18-23-8-7-9-24(31)16-23)29(36)19-35(25-12-10-20(2)11-13-25)41(38,39)26-14-15-28(40-5)27(32)17-26/h7-17,21-22H,6,18-19H2,1-5H3,(H,33,37). The van der Waals surface area contributed by atoms with Gasteiger partial charge in [-0.05, 0) is 91.1 Å². The van der Waals surface area contributed by atoms with E-state index >= 15 is 0 Å². The Morgan fingerprint density at radius 2 is 1.68 bits per heavy atom. The molecule has 0 radical (unpaired) electrons. The molecule has 3 aromatic carbocycles. The molecule has 3 rings (SSSR count). The first-order valence-electron chi connectivity index (χ1n) is 13.1. The molecule has 0 aliphatic carbocycles. The molecule has 2 amide bonds. The number of nitrogens with zero attached hydrogens (tertiary/aromatic N) is 2. The number of hydrogen-bond acceptors (Lipinski definition) is 5. The van der Waals surface area contributed by atoms with Gasteiger partial charge in [-0.1, -0.05) is 52.7 Å². The minimum atomic E-state index is -4.20. The Bertz CT molecular complexity index is 1480. The second-order valence-corrected chi connectivity index (χ2v) is 13.4. The topological polar surface area (TPSA) is 96.0 Å². The summed E-state index contributed by atoms with van der Waals surface area (Å²) in [5.74, 6) is -0.358. The van der Waals surface area contributed by atoms with Crippen LogP contribution in [0.15, 0.2) is 80.6 Å². The third-order valence-electron chi connectivity index (χ3n) is 6.72. The highest BCUT2D eigenvalue weighted by Crippen LogP contribution is 2.31. The zero-order valence-electron chi connectivity index (χ0n) is 23.7. The van der Waals surface area contributed by atoms with Gasteiger partial charge in [0.15, 0.2) is 0 Å². The lowest BCUT2D eigenvalue weighted by molar-refractivity contribution is -0.139. The summed E-state index contributed by atoms with van der Waals surface area (Å²) in [6.45, 7) is 7.00. The van der Waals surface area contributed by atoms with E-state index in [1.165, 1.54) is 24.1 Å². The highest BCUT2D eigenvalue weighted by Gasteiger charge is 2.33. The Hall–Kier alpha value is -2.89. The van der Waals surface area contributed by atoms with Gasteiger partial charge in [-0.25, -0.2) is 8.42 Å². The van der Waals surface area contributed by atoms with Gasteiger partial charge in [-0.15, -0.1) is 0 Å². The van der Waals surface area contributed by atoms with E-state index < -0.39 is 28.5 Å². The number of hydrogen-bond donors (Lipinski definition) is 1. The van der Waals surface area contributed by atoms with Crippen LogP contribution in [0.3, 0.4) is 0 Å². The molecule has 220 valence electrons. The summed E-state index contributed by atoms with van der Waals surface area (Å²) < 4.78 is 35.7. The molecule has 0 bridgehead atoms. The monoisotopic (exact) mass is 707 g/mol. The third-order valence-corrected chi connectivity index (χ3v) is 9.61. The molecule has 1 N–H and O–H groups in total. The largest absolute Gasteiger partial charge is 0.496 e. The van der Waals surface area contributed by atoms with Crippen molar-refractivity contribution < 1.29 is 22.7 Å². The first kappa shape index (κ1) is 32.6. The van der Waals surface area contributed by atoms with Crippen molar-refractivity contribution in [3.8, 4) is 5.75 Å². The van der Waals surface area contributed by atoms with Gasteiger partial charge in [0, 0.05) is 17.1 Å². The fourth-order valence-corrected chi connectivity index (χ4v) is 6.63. The van der Waals surface area contributed by atoms with Crippen molar-refractivity contribution in [2.24, 2.45) is 0 Å². The van der Waals surface area contributed by atoms with E-state index in [1.807, 2.05) is 45.0 Å². The van der Waals surface area contributed by atoms with E-state index in [-0.39, 0.29) is 23.4 Å². The lowest BCUT2D eigenvalue weighted by Gasteiger charge is -2.32. The molecule has 11 heteroatoms. The normalized spacial score (nSPS) is 12.8. The van der Waals surface area contributed by atoms with Crippen LogP contribution in [0.5, 0.6) is 5.75 Å². The minimum Gasteiger partial charge on any atom is -0.496 e.